The molecule has 1 aromatic heterocycles. The van der Waals surface area contributed by atoms with E-state index in [-0.39, 0.29) is 17.7 Å². The van der Waals surface area contributed by atoms with Crippen molar-refractivity contribution in [2.75, 3.05) is 13.2 Å². The number of aliphatic hydroxyl groups is 2. The van der Waals surface area contributed by atoms with E-state index < -0.39 is 18.1 Å². The van der Waals surface area contributed by atoms with Crippen LogP contribution in [0.25, 0.3) is 0 Å². The van der Waals surface area contributed by atoms with E-state index in [0.29, 0.717) is 0 Å². The van der Waals surface area contributed by atoms with Gasteiger partial charge in [0.15, 0.2) is 0 Å². The maximum Gasteiger partial charge on any atom is 0.251 e. The van der Waals surface area contributed by atoms with Crippen molar-refractivity contribution in [1.82, 2.24) is 10.3 Å². The second-order valence-corrected chi connectivity index (χ2v) is 3.78. The summed E-state index contributed by atoms with van der Waals surface area (Å²) in [6.07, 6.45) is 1.36. The number of carbonyl (C=O) groups excluding carboxylic acids is 1. The molecule has 0 saturated carbocycles. The third-order valence-corrected chi connectivity index (χ3v) is 2.01. The largest absolute Gasteiger partial charge is 0.393 e. The van der Waals surface area contributed by atoms with Gasteiger partial charge in [-0.25, -0.2) is 0 Å². The van der Waals surface area contributed by atoms with Gasteiger partial charge in [0.25, 0.3) is 5.91 Å². The molecule has 0 radical (unpaired) electrons. The van der Waals surface area contributed by atoms with Gasteiger partial charge < -0.3 is 20.5 Å². The van der Waals surface area contributed by atoms with Crippen LogP contribution in [-0.2, 0) is 0 Å². The molecule has 1 amide bonds. The lowest BCUT2D eigenvalue weighted by molar-refractivity contribution is 0.00320. The van der Waals surface area contributed by atoms with Gasteiger partial charge in [0.1, 0.15) is 5.60 Å². The highest BCUT2D eigenvalue weighted by Gasteiger charge is 2.20. The van der Waals surface area contributed by atoms with Crippen LogP contribution in [0.2, 0.25) is 0 Å². The van der Waals surface area contributed by atoms with Crippen molar-refractivity contribution in [2.24, 2.45) is 0 Å². The molecular weight excluding hydrogens is 212 g/mol. The number of H-pyrrole nitrogens is 1. The molecule has 0 aromatic carbocycles. The highest BCUT2D eigenvalue weighted by molar-refractivity contribution is 5.93. The quantitative estimate of drug-likeness (QED) is 0.520. The van der Waals surface area contributed by atoms with E-state index in [1.807, 2.05) is 0 Å². The van der Waals surface area contributed by atoms with E-state index in [2.05, 4.69) is 10.3 Å². The SMILES string of the molecule is CC(O)(CO)CNC(=O)c1cc[nH]c(=O)c1. The Morgan fingerprint density at radius 1 is 1.62 bits per heavy atom. The molecule has 1 heterocycles. The van der Waals surface area contributed by atoms with E-state index in [4.69, 9.17) is 5.11 Å². The molecule has 0 saturated heterocycles. The minimum atomic E-state index is -1.36. The van der Waals surface area contributed by atoms with Gasteiger partial charge in [-0.1, -0.05) is 0 Å². The maximum absolute atomic E-state index is 11.5. The van der Waals surface area contributed by atoms with Gasteiger partial charge in [0.05, 0.1) is 6.61 Å². The number of pyridine rings is 1. The second kappa shape index (κ2) is 4.91. The molecule has 6 heteroatoms. The number of aliphatic hydroxyl groups excluding tert-OH is 1. The second-order valence-electron chi connectivity index (χ2n) is 3.78. The fourth-order valence-corrected chi connectivity index (χ4v) is 1.01. The summed E-state index contributed by atoms with van der Waals surface area (Å²) < 4.78 is 0. The van der Waals surface area contributed by atoms with Crippen LogP contribution in [0.15, 0.2) is 23.1 Å². The van der Waals surface area contributed by atoms with Crippen LogP contribution in [0.1, 0.15) is 17.3 Å². The van der Waals surface area contributed by atoms with Crippen molar-refractivity contribution in [3.05, 3.63) is 34.2 Å². The first-order chi connectivity index (χ1) is 7.44. The number of nitrogens with one attached hydrogen (secondary N) is 2. The molecule has 0 spiro atoms. The highest BCUT2D eigenvalue weighted by Crippen LogP contribution is 2.00. The molecule has 1 atom stereocenters. The third kappa shape index (κ3) is 3.48. The number of aromatic nitrogens is 1. The van der Waals surface area contributed by atoms with Gasteiger partial charge in [0.2, 0.25) is 5.56 Å². The number of rotatable bonds is 4. The molecule has 0 bridgehead atoms. The van der Waals surface area contributed by atoms with E-state index >= 15 is 0 Å². The number of amides is 1. The normalized spacial score (nSPS) is 14.2. The summed E-state index contributed by atoms with van der Waals surface area (Å²) in [5.41, 5.74) is -1.53. The zero-order chi connectivity index (χ0) is 12.2. The van der Waals surface area contributed by atoms with Crippen LogP contribution in [0, 0.1) is 0 Å². The van der Waals surface area contributed by atoms with Crippen LogP contribution in [0.4, 0.5) is 0 Å². The Morgan fingerprint density at radius 2 is 2.31 bits per heavy atom. The average molecular weight is 226 g/mol. The Bertz CT molecular complexity index is 425. The number of aromatic amines is 1. The van der Waals surface area contributed by atoms with Gasteiger partial charge in [-0.2, -0.15) is 0 Å². The molecule has 4 N–H and O–H groups in total. The van der Waals surface area contributed by atoms with Gasteiger partial charge in [-0.3, -0.25) is 9.59 Å². The van der Waals surface area contributed by atoms with Gasteiger partial charge >= 0.3 is 0 Å². The zero-order valence-electron chi connectivity index (χ0n) is 8.86. The predicted octanol–water partition coefficient (Wildman–Crippen LogP) is -1.15. The first kappa shape index (κ1) is 12.4. The summed E-state index contributed by atoms with van der Waals surface area (Å²) in [4.78, 5) is 24.8. The van der Waals surface area contributed by atoms with E-state index in [1.165, 1.54) is 19.2 Å². The lowest BCUT2D eigenvalue weighted by Gasteiger charge is -2.20. The number of hydrogen-bond acceptors (Lipinski definition) is 4. The molecule has 1 aromatic rings. The molecule has 16 heavy (non-hydrogen) atoms. The van der Waals surface area contributed by atoms with Crippen LogP contribution in [0.5, 0.6) is 0 Å². The summed E-state index contributed by atoms with van der Waals surface area (Å²) in [6.45, 7) is 0.850. The van der Waals surface area contributed by atoms with Crippen molar-refractivity contribution in [3.63, 3.8) is 0 Å². The zero-order valence-corrected chi connectivity index (χ0v) is 8.86. The molecular formula is C10H14N2O4. The predicted molar refractivity (Wildman–Crippen MR) is 57.1 cm³/mol. The maximum atomic E-state index is 11.5. The standard InChI is InChI=1S/C10H14N2O4/c1-10(16,6-13)5-12-9(15)7-2-3-11-8(14)4-7/h2-4,13,16H,5-6H2,1H3,(H,11,14)(H,12,15). The van der Waals surface area contributed by atoms with Crippen molar-refractivity contribution in [1.29, 1.82) is 0 Å². The fraction of sp³-hybridized carbons (Fsp3) is 0.400. The third-order valence-electron chi connectivity index (χ3n) is 2.01. The molecule has 1 unspecified atom stereocenters. The van der Waals surface area contributed by atoms with E-state index in [1.54, 1.807) is 0 Å². The summed E-state index contributed by atoms with van der Waals surface area (Å²) in [7, 11) is 0. The van der Waals surface area contributed by atoms with Crippen molar-refractivity contribution < 1.29 is 15.0 Å². The first-order valence-electron chi connectivity index (χ1n) is 4.75. The van der Waals surface area contributed by atoms with Crippen molar-refractivity contribution >= 4 is 5.91 Å². The Labute approximate surface area is 91.9 Å². The minimum absolute atomic E-state index is 0.0882. The highest BCUT2D eigenvalue weighted by atomic mass is 16.3. The molecule has 0 fully saturated rings. The van der Waals surface area contributed by atoms with Crippen LogP contribution >= 0.6 is 0 Å². The molecule has 0 aliphatic carbocycles. The van der Waals surface area contributed by atoms with Crippen molar-refractivity contribution in [3.8, 4) is 0 Å². The summed E-state index contributed by atoms with van der Waals surface area (Å²) in [6, 6.07) is 2.60. The molecule has 0 aliphatic heterocycles. The molecule has 1 rings (SSSR count). The number of hydrogen-bond donors (Lipinski definition) is 4. The Balaban J connectivity index is 2.63. The summed E-state index contributed by atoms with van der Waals surface area (Å²) >= 11 is 0. The first-order valence-corrected chi connectivity index (χ1v) is 4.75. The van der Waals surface area contributed by atoms with Crippen LogP contribution < -0.4 is 10.9 Å². The Morgan fingerprint density at radius 3 is 2.88 bits per heavy atom. The lowest BCUT2D eigenvalue weighted by Crippen LogP contribution is -2.43. The number of carbonyl (C=O) groups is 1. The molecule has 6 nitrogen and oxygen atoms in total. The summed E-state index contributed by atoms with van der Waals surface area (Å²) in [5, 5.41) is 20.6. The molecule has 0 aliphatic rings. The molecule has 88 valence electrons. The van der Waals surface area contributed by atoms with Gasteiger partial charge in [-0.15, -0.1) is 0 Å². The topological polar surface area (TPSA) is 102 Å². The van der Waals surface area contributed by atoms with E-state index in [9.17, 15) is 14.7 Å². The average Bonchev–Trinajstić information content (AvgIpc) is 2.26. The van der Waals surface area contributed by atoms with Crippen LogP contribution in [0.3, 0.4) is 0 Å². The van der Waals surface area contributed by atoms with Gasteiger partial charge in [-0.05, 0) is 13.0 Å². The van der Waals surface area contributed by atoms with Crippen LogP contribution in [-0.4, -0.2) is 39.9 Å². The fourth-order valence-electron chi connectivity index (χ4n) is 1.01. The minimum Gasteiger partial charge on any atom is -0.393 e. The smallest absolute Gasteiger partial charge is 0.251 e. The van der Waals surface area contributed by atoms with Gasteiger partial charge in [0, 0.05) is 24.4 Å². The Kier molecular flexibility index (Phi) is 3.81. The lowest BCUT2D eigenvalue weighted by atomic mass is 10.1. The van der Waals surface area contributed by atoms with Crippen molar-refractivity contribution in [2.45, 2.75) is 12.5 Å². The Hall–Kier alpha value is -1.66. The summed E-state index contributed by atoms with van der Waals surface area (Å²) in [5.74, 6) is -0.472. The monoisotopic (exact) mass is 226 g/mol. The van der Waals surface area contributed by atoms with E-state index in [0.717, 1.165) is 6.07 Å².